The van der Waals surface area contributed by atoms with Crippen LogP contribution in [-0.2, 0) is 5.41 Å². The third-order valence-electron chi connectivity index (χ3n) is 2.95. The van der Waals surface area contributed by atoms with Crippen molar-refractivity contribution in [3.63, 3.8) is 0 Å². The molecule has 1 aromatic carbocycles. The molecule has 0 heterocycles. The minimum atomic E-state index is 0.216. The van der Waals surface area contributed by atoms with Crippen LogP contribution in [0.3, 0.4) is 0 Å². The lowest BCUT2D eigenvalue weighted by molar-refractivity contribution is 0.340. The molecule has 0 aromatic heterocycles. The molecule has 0 saturated carbocycles. The van der Waals surface area contributed by atoms with E-state index >= 15 is 0 Å². The highest BCUT2D eigenvalue weighted by Gasteiger charge is 2.19. The highest BCUT2D eigenvalue weighted by Crippen LogP contribution is 2.28. The zero-order chi connectivity index (χ0) is 12.0. The van der Waals surface area contributed by atoms with Crippen molar-refractivity contribution in [2.75, 3.05) is 20.2 Å². The summed E-state index contributed by atoms with van der Waals surface area (Å²) in [6, 6.07) is 8.45. The molecule has 16 heavy (non-hydrogen) atoms. The molecule has 2 heteroatoms. The van der Waals surface area contributed by atoms with Crippen LogP contribution >= 0.6 is 0 Å². The quantitative estimate of drug-likeness (QED) is 0.797. The zero-order valence-electron chi connectivity index (χ0n) is 10.8. The van der Waals surface area contributed by atoms with E-state index in [1.165, 1.54) is 5.56 Å². The van der Waals surface area contributed by atoms with Gasteiger partial charge in [-0.25, -0.2) is 0 Å². The molecule has 0 atom stereocenters. The molecule has 0 unspecified atom stereocenters. The second-order valence-electron chi connectivity index (χ2n) is 4.69. The van der Waals surface area contributed by atoms with E-state index in [0.29, 0.717) is 0 Å². The van der Waals surface area contributed by atoms with Crippen LogP contribution in [0.25, 0.3) is 0 Å². The van der Waals surface area contributed by atoms with E-state index in [1.54, 1.807) is 0 Å². The molecule has 0 aliphatic rings. The van der Waals surface area contributed by atoms with E-state index in [-0.39, 0.29) is 5.41 Å². The smallest absolute Gasteiger partial charge is 0.119 e. The Bertz CT molecular complexity index is 303. The van der Waals surface area contributed by atoms with Crippen LogP contribution in [0.15, 0.2) is 24.3 Å². The molecule has 0 fully saturated rings. The zero-order valence-corrected chi connectivity index (χ0v) is 10.8. The van der Waals surface area contributed by atoms with E-state index in [1.807, 2.05) is 14.0 Å². The Kier molecular flexibility index (Phi) is 4.81. The molecule has 0 spiro atoms. The van der Waals surface area contributed by atoms with Gasteiger partial charge in [-0.2, -0.15) is 0 Å². The third kappa shape index (κ3) is 3.53. The predicted octanol–water partition coefficient (Wildman–Crippen LogP) is 2.97. The molecule has 0 aliphatic carbocycles. The van der Waals surface area contributed by atoms with Crippen LogP contribution in [0.4, 0.5) is 0 Å². The normalized spacial score (nSPS) is 11.5. The highest BCUT2D eigenvalue weighted by atomic mass is 16.5. The van der Waals surface area contributed by atoms with E-state index in [2.05, 4.69) is 43.4 Å². The number of ether oxygens (including phenoxy) is 1. The lowest BCUT2D eigenvalue weighted by Gasteiger charge is -2.25. The first-order chi connectivity index (χ1) is 7.60. The Balaban J connectivity index is 2.71. The molecule has 90 valence electrons. The summed E-state index contributed by atoms with van der Waals surface area (Å²) in [7, 11) is 1.99. The SMILES string of the molecule is CCOc1ccc(C(C)(C)CCNC)cc1. The third-order valence-corrected chi connectivity index (χ3v) is 2.95. The molecule has 0 saturated heterocycles. The summed E-state index contributed by atoms with van der Waals surface area (Å²) >= 11 is 0. The Labute approximate surface area is 99.0 Å². The maximum Gasteiger partial charge on any atom is 0.119 e. The molecule has 0 aliphatic heterocycles. The van der Waals surface area contributed by atoms with Gasteiger partial charge in [0.05, 0.1) is 6.61 Å². The largest absolute Gasteiger partial charge is 0.494 e. The average molecular weight is 221 g/mol. The van der Waals surface area contributed by atoms with Gasteiger partial charge in [0.2, 0.25) is 0 Å². The molecule has 0 bridgehead atoms. The van der Waals surface area contributed by atoms with Gasteiger partial charge in [0.25, 0.3) is 0 Å². The van der Waals surface area contributed by atoms with E-state index in [0.717, 1.165) is 25.3 Å². The van der Waals surface area contributed by atoms with Gasteiger partial charge in [0.15, 0.2) is 0 Å². The fourth-order valence-corrected chi connectivity index (χ4v) is 1.75. The van der Waals surface area contributed by atoms with Crippen molar-refractivity contribution in [2.45, 2.75) is 32.6 Å². The Morgan fingerprint density at radius 3 is 2.31 bits per heavy atom. The topological polar surface area (TPSA) is 21.3 Å². The van der Waals surface area contributed by atoms with E-state index < -0.39 is 0 Å². The Morgan fingerprint density at radius 2 is 1.81 bits per heavy atom. The molecule has 2 nitrogen and oxygen atoms in total. The first-order valence-electron chi connectivity index (χ1n) is 5.98. The predicted molar refractivity (Wildman–Crippen MR) is 69.2 cm³/mol. The minimum absolute atomic E-state index is 0.216. The standard InChI is InChI=1S/C14H23NO/c1-5-16-13-8-6-12(7-9-13)14(2,3)10-11-15-4/h6-9,15H,5,10-11H2,1-4H3. The molecule has 1 aromatic rings. The number of benzene rings is 1. The maximum absolute atomic E-state index is 5.44. The van der Waals surface area contributed by atoms with Crippen LogP contribution in [0.2, 0.25) is 0 Å². The molecule has 1 N–H and O–H groups in total. The van der Waals surface area contributed by atoms with E-state index in [9.17, 15) is 0 Å². The van der Waals surface area contributed by atoms with Crippen LogP contribution < -0.4 is 10.1 Å². The van der Waals surface area contributed by atoms with Crippen molar-refractivity contribution < 1.29 is 4.74 Å². The summed E-state index contributed by atoms with van der Waals surface area (Å²) < 4.78 is 5.44. The van der Waals surface area contributed by atoms with Gasteiger partial charge in [-0.05, 0) is 50.0 Å². The first kappa shape index (κ1) is 13.0. The lowest BCUT2D eigenvalue weighted by atomic mass is 9.81. The second-order valence-corrected chi connectivity index (χ2v) is 4.69. The fraction of sp³-hybridized carbons (Fsp3) is 0.571. The van der Waals surface area contributed by atoms with Crippen molar-refractivity contribution in [2.24, 2.45) is 0 Å². The van der Waals surface area contributed by atoms with Gasteiger partial charge >= 0.3 is 0 Å². The van der Waals surface area contributed by atoms with Gasteiger partial charge in [0.1, 0.15) is 5.75 Å². The maximum atomic E-state index is 5.44. The van der Waals surface area contributed by atoms with Gasteiger partial charge < -0.3 is 10.1 Å². The molecule has 0 radical (unpaired) electrons. The first-order valence-corrected chi connectivity index (χ1v) is 5.98. The Hall–Kier alpha value is -1.02. The summed E-state index contributed by atoms with van der Waals surface area (Å²) in [6.07, 6.45) is 1.14. The van der Waals surface area contributed by atoms with Crippen molar-refractivity contribution in [3.8, 4) is 5.75 Å². The minimum Gasteiger partial charge on any atom is -0.494 e. The molecule has 1 rings (SSSR count). The number of hydrogen-bond donors (Lipinski definition) is 1. The summed E-state index contributed by atoms with van der Waals surface area (Å²) in [5.41, 5.74) is 1.58. The van der Waals surface area contributed by atoms with E-state index in [4.69, 9.17) is 4.74 Å². The fourth-order valence-electron chi connectivity index (χ4n) is 1.75. The number of hydrogen-bond acceptors (Lipinski definition) is 2. The van der Waals surface area contributed by atoms with Gasteiger partial charge in [-0.3, -0.25) is 0 Å². The van der Waals surface area contributed by atoms with Crippen molar-refractivity contribution in [1.29, 1.82) is 0 Å². The summed E-state index contributed by atoms with van der Waals surface area (Å²) in [6.45, 7) is 8.33. The molecular weight excluding hydrogens is 198 g/mol. The summed E-state index contributed by atoms with van der Waals surface area (Å²) in [5, 5.41) is 3.20. The summed E-state index contributed by atoms with van der Waals surface area (Å²) in [4.78, 5) is 0. The average Bonchev–Trinajstić information content (AvgIpc) is 2.28. The highest BCUT2D eigenvalue weighted by molar-refractivity contribution is 5.31. The lowest BCUT2D eigenvalue weighted by Crippen LogP contribution is -2.23. The van der Waals surface area contributed by atoms with Crippen molar-refractivity contribution >= 4 is 0 Å². The Morgan fingerprint density at radius 1 is 1.19 bits per heavy atom. The summed E-state index contributed by atoms with van der Waals surface area (Å²) in [5.74, 6) is 0.954. The van der Waals surface area contributed by atoms with Crippen LogP contribution in [0.1, 0.15) is 32.8 Å². The van der Waals surface area contributed by atoms with Crippen LogP contribution in [0.5, 0.6) is 5.75 Å². The number of nitrogens with one attached hydrogen (secondary N) is 1. The van der Waals surface area contributed by atoms with Gasteiger partial charge in [-0.1, -0.05) is 26.0 Å². The van der Waals surface area contributed by atoms with Gasteiger partial charge in [0, 0.05) is 0 Å². The number of rotatable bonds is 6. The van der Waals surface area contributed by atoms with Crippen LogP contribution in [0, 0.1) is 0 Å². The van der Waals surface area contributed by atoms with Gasteiger partial charge in [-0.15, -0.1) is 0 Å². The molecule has 0 amide bonds. The monoisotopic (exact) mass is 221 g/mol. The van der Waals surface area contributed by atoms with Crippen molar-refractivity contribution in [3.05, 3.63) is 29.8 Å². The van der Waals surface area contributed by atoms with Crippen LogP contribution in [-0.4, -0.2) is 20.2 Å². The van der Waals surface area contributed by atoms with Crippen molar-refractivity contribution in [1.82, 2.24) is 5.32 Å². The second kappa shape index (κ2) is 5.90. The molecular formula is C14H23NO.